The molecule has 0 saturated carbocycles. The van der Waals surface area contributed by atoms with Gasteiger partial charge in [0.2, 0.25) is 0 Å². The number of rotatable bonds is 3. The van der Waals surface area contributed by atoms with E-state index >= 15 is 0 Å². The molecular formula is C12H15N3OS. The SMILES string of the molecule is Cc1nc(Cc2ncc([C@@H](C)O)c(C)n2)cs1. The number of hydrogen-bond acceptors (Lipinski definition) is 5. The minimum atomic E-state index is -0.523. The topological polar surface area (TPSA) is 58.9 Å². The van der Waals surface area contributed by atoms with Crippen LogP contribution in [0, 0.1) is 13.8 Å². The van der Waals surface area contributed by atoms with Crippen molar-refractivity contribution in [3.05, 3.63) is 39.4 Å². The third-order valence-corrected chi connectivity index (χ3v) is 3.35. The monoisotopic (exact) mass is 249 g/mol. The van der Waals surface area contributed by atoms with Crippen LogP contribution in [0.25, 0.3) is 0 Å². The number of thiazole rings is 1. The third kappa shape index (κ3) is 2.87. The van der Waals surface area contributed by atoms with Gasteiger partial charge in [0, 0.05) is 22.8 Å². The van der Waals surface area contributed by atoms with Crippen LogP contribution in [-0.4, -0.2) is 20.1 Å². The molecule has 0 aliphatic heterocycles. The van der Waals surface area contributed by atoms with Crippen LogP contribution in [0.15, 0.2) is 11.6 Å². The number of aryl methyl sites for hydroxylation is 2. The average Bonchev–Trinajstić information content (AvgIpc) is 2.63. The second-order valence-corrected chi connectivity index (χ2v) is 5.10. The van der Waals surface area contributed by atoms with Gasteiger partial charge in [-0.05, 0) is 20.8 Å². The van der Waals surface area contributed by atoms with Crippen LogP contribution in [0.2, 0.25) is 0 Å². The van der Waals surface area contributed by atoms with Gasteiger partial charge in [-0.25, -0.2) is 15.0 Å². The summed E-state index contributed by atoms with van der Waals surface area (Å²) in [6, 6.07) is 0. The first-order valence-electron chi connectivity index (χ1n) is 5.47. The summed E-state index contributed by atoms with van der Waals surface area (Å²) in [6.07, 6.45) is 1.82. The Labute approximate surface area is 104 Å². The largest absolute Gasteiger partial charge is 0.389 e. The standard InChI is InChI=1S/C12H15N3OS/c1-7-11(8(2)16)5-13-12(14-7)4-10-6-17-9(3)15-10/h5-6,8,16H,4H2,1-3H3/t8-/m1/s1. The second kappa shape index (κ2) is 4.89. The predicted molar refractivity (Wildman–Crippen MR) is 67.1 cm³/mol. The fraction of sp³-hybridized carbons (Fsp3) is 0.417. The second-order valence-electron chi connectivity index (χ2n) is 4.04. The van der Waals surface area contributed by atoms with Crippen molar-refractivity contribution in [2.75, 3.05) is 0 Å². The zero-order chi connectivity index (χ0) is 12.4. The van der Waals surface area contributed by atoms with Crippen LogP contribution in [-0.2, 0) is 6.42 Å². The van der Waals surface area contributed by atoms with Crippen LogP contribution in [0.3, 0.4) is 0 Å². The van der Waals surface area contributed by atoms with Gasteiger partial charge < -0.3 is 5.11 Å². The summed E-state index contributed by atoms with van der Waals surface area (Å²) in [6.45, 7) is 5.59. The molecule has 1 N–H and O–H groups in total. The molecular weight excluding hydrogens is 234 g/mol. The Hall–Kier alpha value is -1.33. The molecule has 0 saturated heterocycles. The van der Waals surface area contributed by atoms with E-state index in [1.54, 1.807) is 24.5 Å². The molecule has 5 heteroatoms. The summed E-state index contributed by atoms with van der Waals surface area (Å²) in [4.78, 5) is 13.0. The summed E-state index contributed by atoms with van der Waals surface area (Å²) >= 11 is 1.63. The van der Waals surface area contributed by atoms with E-state index in [9.17, 15) is 5.11 Å². The molecule has 0 bridgehead atoms. The van der Waals surface area contributed by atoms with Gasteiger partial charge in [0.1, 0.15) is 5.82 Å². The van der Waals surface area contributed by atoms with E-state index in [4.69, 9.17) is 0 Å². The highest BCUT2D eigenvalue weighted by molar-refractivity contribution is 7.09. The highest BCUT2D eigenvalue weighted by Crippen LogP contribution is 2.16. The molecule has 0 aliphatic carbocycles. The van der Waals surface area contributed by atoms with E-state index in [1.165, 1.54) is 0 Å². The van der Waals surface area contributed by atoms with Crippen LogP contribution in [0.4, 0.5) is 0 Å². The van der Waals surface area contributed by atoms with E-state index in [0.717, 1.165) is 27.8 Å². The Morgan fingerprint density at radius 3 is 2.65 bits per heavy atom. The van der Waals surface area contributed by atoms with Crippen LogP contribution in [0.1, 0.15) is 40.8 Å². The number of hydrogen-bond donors (Lipinski definition) is 1. The van der Waals surface area contributed by atoms with Gasteiger partial charge in [0.15, 0.2) is 0 Å². The van der Waals surface area contributed by atoms with Gasteiger partial charge in [-0.1, -0.05) is 0 Å². The Morgan fingerprint density at radius 1 is 1.35 bits per heavy atom. The van der Waals surface area contributed by atoms with Crippen molar-refractivity contribution in [2.45, 2.75) is 33.3 Å². The molecule has 17 heavy (non-hydrogen) atoms. The van der Waals surface area contributed by atoms with E-state index < -0.39 is 6.10 Å². The average molecular weight is 249 g/mol. The maximum Gasteiger partial charge on any atom is 0.134 e. The van der Waals surface area contributed by atoms with Crippen molar-refractivity contribution < 1.29 is 5.11 Å². The van der Waals surface area contributed by atoms with Gasteiger partial charge in [0.05, 0.1) is 23.2 Å². The lowest BCUT2D eigenvalue weighted by Gasteiger charge is -2.08. The lowest BCUT2D eigenvalue weighted by Crippen LogP contribution is -2.04. The molecule has 2 aromatic rings. The molecule has 0 aromatic carbocycles. The molecule has 0 radical (unpaired) electrons. The summed E-state index contributed by atoms with van der Waals surface area (Å²) in [5.41, 5.74) is 2.61. The Morgan fingerprint density at radius 2 is 2.12 bits per heavy atom. The predicted octanol–water partition coefficient (Wildman–Crippen LogP) is 2.19. The van der Waals surface area contributed by atoms with Crippen molar-refractivity contribution in [1.82, 2.24) is 15.0 Å². The first-order chi connectivity index (χ1) is 8.06. The minimum absolute atomic E-state index is 0.523. The molecule has 0 amide bonds. The summed E-state index contributed by atoms with van der Waals surface area (Å²) < 4.78 is 0. The number of nitrogens with zero attached hydrogens (tertiary/aromatic N) is 3. The molecule has 90 valence electrons. The summed E-state index contributed by atoms with van der Waals surface area (Å²) in [7, 11) is 0. The zero-order valence-electron chi connectivity index (χ0n) is 10.1. The van der Waals surface area contributed by atoms with Crippen LogP contribution in [0.5, 0.6) is 0 Å². The lowest BCUT2D eigenvalue weighted by molar-refractivity contribution is 0.197. The highest BCUT2D eigenvalue weighted by atomic mass is 32.1. The van der Waals surface area contributed by atoms with Gasteiger partial charge in [0.25, 0.3) is 0 Å². The van der Waals surface area contributed by atoms with Gasteiger partial charge in [-0.2, -0.15) is 0 Å². The molecule has 0 unspecified atom stereocenters. The molecule has 2 rings (SSSR count). The van der Waals surface area contributed by atoms with Crippen molar-refractivity contribution in [2.24, 2.45) is 0 Å². The van der Waals surface area contributed by atoms with E-state index in [1.807, 2.05) is 19.2 Å². The first-order valence-corrected chi connectivity index (χ1v) is 6.35. The number of aromatic nitrogens is 3. The van der Waals surface area contributed by atoms with E-state index in [2.05, 4.69) is 15.0 Å². The number of aliphatic hydroxyl groups is 1. The lowest BCUT2D eigenvalue weighted by atomic mass is 10.1. The fourth-order valence-corrected chi connectivity index (χ4v) is 2.28. The fourth-order valence-electron chi connectivity index (χ4n) is 1.67. The van der Waals surface area contributed by atoms with Crippen molar-refractivity contribution in [1.29, 1.82) is 0 Å². The van der Waals surface area contributed by atoms with E-state index in [-0.39, 0.29) is 0 Å². The molecule has 4 nitrogen and oxygen atoms in total. The van der Waals surface area contributed by atoms with Crippen LogP contribution < -0.4 is 0 Å². The Kier molecular flexibility index (Phi) is 3.49. The summed E-state index contributed by atoms with van der Waals surface area (Å²) in [5, 5.41) is 12.6. The van der Waals surface area contributed by atoms with Crippen molar-refractivity contribution in [3.63, 3.8) is 0 Å². The Bertz CT molecular complexity index is 522. The third-order valence-electron chi connectivity index (χ3n) is 2.52. The normalized spacial score (nSPS) is 12.7. The van der Waals surface area contributed by atoms with Crippen molar-refractivity contribution >= 4 is 11.3 Å². The van der Waals surface area contributed by atoms with Gasteiger partial charge >= 0.3 is 0 Å². The maximum atomic E-state index is 9.50. The minimum Gasteiger partial charge on any atom is -0.389 e. The molecule has 1 atom stereocenters. The smallest absolute Gasteiger partial charge is 0.134 e. The quantitative estimate of drug-likeness (QED) is 0.906. The van der Waals surface area contributed by atoms with E-state index in [0.29, 0.717) is 6.42 Å². The molecule has 0 fully saturated rings. The molecule has 2 aromatic heterocycles. The van der Waals surface area contributed by atoms with Gasteiger partial charge in [-0.3, -0.25) is 0 Å². The molecule has 2 heterocycles. The zero-order valence-corrected chi connectivity index (χ0v) is 11.0. The van der Waals surface area contributed by atoms with Gasteiger partial charge in [-0.15, -0.1) is 11.3 Å². The maximum absolute atomic E-state index is 9.50. The highest BCUT2D eigenvalue weighted by Gasteiger charge is 2.09. The van der Waals surface area contributed by atoms with Crippen molar-refractivity contribution in [3.8, 4) is 0 Å². The first kappa shape index (κ1) is 12.1. The number of aliphatic hydroxyl groups excluding tert-OH is 1. The molecule has 0 aliphatic rings. The summed E-state index contributed by atoms with van der Waals surface area (Å²) in [5.74, 6) is 0.747. The molecule has 0 spiro atoms. The Balaban J connectivity index is 2.20. The van der Waals surface area contributed by atoms with Crippen LogP contribution >= 0.6 is 11.3 Å².